The number of hydrogen-bond donors (Lipinski definition) is 0. The van der Waals surface area contributed by atoms with Gasteiger partial charge in [0.1, 0.15) is 0 Å². The van der Waals surface area contributed by atoms with Gasteiger partial charge in [-0.3, -0.25) is 0 Å². The molecule has 0 amide bonds. The van der Waals surface area contributed by atoms with Crippen LogP contribution in [0.4, 0.5) is 0 Å². The van der Waals surface area contributed by atoms with Gasteiger partial charge in [-0.25, -0.2) is 0 Å². The molecule has 0 fully saturated rings. The minimum Gasteiger partial charge on any atom is -0.412 e. The molecule has 2 aliphatic carbocycles. The first-order valence-corrected chi connectivity index (χ1v) is 11.1. The first-order chi connectivity index (χ1) is 12.1. The minimum atomic E-state index is -2.20. The Morgan fingerprint density at radius 3 is 1.44 bits per heavy atom. The van der Waals surface area contributed by atoms with Crippen LogP contribution in [-0.4, -0.2) is 37.5 Å². The standard InChI is InChI=1S/C18H15O4PS2.2H2O/c19-24(20)17-10-6-15(7-11-17)23(14-4-2-1-3-5-14)16-8-12-18(13-9-16)25(21)22;;/h1-10,12H,11,13H2;2*1H2. The van der Waals surface area contributed by atoms with Crippen molar-refractivity contribution in [1.82, 2.24) is 0 Å². The lowest BCUT2D eigenvalue weighted by Gasteiger charge is -2.24. The molecular formula is C18H19O6PS2. The summed E-state index contributed by atoms with van der Waals surface area (Å²) in [5.41, 5.74) is 0. The molecule has 27 heavy (non-hydrogen) atoms. The molecule has 0 aliphatic heterocycles. The molecule has 1 aromatic carbocycles. The Morgan fingerprint density at radius 1 is 0.667 bits per heavy atom. The van der Waals surface area contributed by atoms with E-state index >= 15 is 0 Å². The second-order valence-electron chi connectivity index (χ2n) is 5.41. The van der Waals surface area contributed by atoms with E-state index in [0.717, 1.165) is 15.9 Å². The van der Waals surface area contributed by atoms with Crippen LogP contribution in [0.2, 0.25) is 0 Å². The normalized spacial score (nSPS) is 15.4. The lowest BCUT2D eigenvalue weighted by atomic mass is 10.2. The van der Waals surface area contributed by atoms with E-state index in [1.165, 1.54) is 0 Å². The summed E-state index contributed by atoms with van der Waals surface area (Å²) in [6.07, 6.45) is 11.7. The Morgan fingerprint density at radius 2 is 1.11 bits per heavy atom. The first-order valence-electron chi connectivity index (χ1n) is 7.58. The zero-order valence-electron chi connectivity index (χ0n) is 14.2. The molecule has 0 saturated heterocycles. The highest BCUT2D eigenvalue weighted by atomic mass is 32.2. The molecule has 0 spiro atoms. The average molecular weight is 426 g/mol. The van der Waals surface area contributed by atoms with Crippen molar-refractivity contribution < 1.29 is 27.8 Å². The van der Waals surface area contributed by atoms with Gasteiger partial charge >= 0.3 is 0 Å². The van der Waals surface area contributed by atoms with Gasteiger partial charge in [0.25, 0.3) is 0 Å². The molecule has 4 N–H and O–H groups in total. The summed E-state index contributed by atoms with van der Waals surface area (Å²) < 4.78 is 44.4. The lowest BCUT2D eigenvalue weighted by molar-refractivity contribution is 0.625. The van der Waals surface area contributed by atoms with Crippen LogP contribution in [0.3, 0.4) is 0 Å². The summed E-state index contributed by atoms with van der Waals surface area (Å²) in [5.74, 6) is 0. The van der Waals surface area contributed by atoms with E-state index in [-0.39, 0.29) is 11.0 Å². The Hall–Kier alpha value is -2.09. The van der Waals surface area contributed by atoms with E-state index in [2.05, 4.69) is 0 Å². The van der Waals surface area contributed by atoms with Gasteiger partial charge in [0.15, 0.2) is 0 Å². The first kappa shape index (κ1) is 23.0. The second-order valence-corrected chi connectivity index (χ2v) is 9.61. The molecule has 1 aromatic rings. The van der Waals surface area contributed by atoms with E-state index in [1.54, 1.807) is 12.2 Å². The third-order valence-corrected chi connectivity index (χ3v) is 7.84. The molecule has 0 unspecified atom stereocenters. The van der Waals surface area contributed by atoms with E-state index < -0.39 is 28.5 Å². The van der Waals surface area contributed by atoms with Crippen molar-refractivity contribution in [3.63, 3.8) is 0 Å². The molecule has 2 aliphatic rings. The SMILES string of the molecule is O.O.O=S(=O)=C1C=CC(P(C2=CCC(=S(=O)=O)C=C2)c2ccccc2)=CC1. The van der Waals surface area contributed by atoms with Crippen molar-refractivity contribution in [2.24, 2.45) is 0 Å². The number of benzene rings is 1. The molecule has 144 valence electrons. The van der Waals surface area contributed by atoms with Crippen LogP contribution in [0, 0.1) is 0 Å². The molecule has 0 aromatic heterocycles. The van der Waals surface area contributed by atoms with Crippen LogP contribution in [0.15, 0.2) is 77.4 Å². The number of rotatable bonds is 3. The van der Waals surface area contributed by atoms with Crippen molar-refractivity contribution in [2.75, 3.05) is 0 Å². The highest BCUT2D eigenvalue weighted by Gasteiger charge is 2.21. The van der Waals surface area contributed by atoms with Crippen LogP contribution in [0.1, 0.15) is 12.8 Å². The number of allylic oxidation sites excluding steroid dienone is 8. The Bertz CT molecular complexity index is 1010. The van der Waals surface area contributed by atoms with Gasteiger partial charge in [-0.15, -0.1) is 0 Å². The van der Waals surface area contributed by atoms with Crippen molar-refractivity contribution >= 4 is 43.5 Å². The highest BCUT2D eigenvalue weighted by Crippen LogP contribution is 2.53. The van der Waals surface area contributed by atoms with Crippen molar-refractivity contribution in [3.8, 4) is 0 Å². The maximum Gasteiger partial charge on any atom is 0.217 e. The van der Waals surface area contributed by atoms with E-state index in [1.807, 2.05) is 54.6 Å². The summed E-state index contributed by atoms with van der Waals surface area (Å²) in [6.45, 7) is 0. The molecule has 0 heterocycles. The van der Waals surface area contributed by atoms with Crippen molar-refractivity contribution in [1.29, 1.82) is 0 Å². The molecule has 6 nitrogen and oxygen atoms in total. The van der Waals surface area contributed by atoms with Gasteiger partial charge in [0.2, 0.25) is 20.6 Å². The van der Waals surface area contributed by atoms with E-state index in [4.69, 9.17) is 0 Å². The second kappa shape index (κ2) is 10.3. The van der Waals surface area contributed by atoms with Gasteiger partial charge in [0, 0.05) is 12.8 Å². The highest BCUT2D eigenvalue weighted by molar-refractivity contribution is 7.75. The maximum absolute atomic E-state index is 11.1. The zero-order chi connectivity index (χ0) is 17.8. The molecule has 0 radical (unpaired) electrons. The third kappa shape index (κ3) is 5.45. The molecule has 0 bridgehead atoms. The quantitative estimate of drug-likeness (QED) is 0.525. The largest absolute Gasteiger partial charge is 0.412 e. The van der Waals surface area contributed by atoms with Gasteiger partial charge in [-0.2, -0.15) is 16.8 Å². The minimum absolute atomic E-state index is 0. The topological polar surface area (TPSA) is 131 Å². The molecular weight excluding hydrogens is 407 g/mol. The maximum atomic E-state index is 11.1. The van der Waals surface area contributed by atoms with Crippen molar-refractivity contribution in [3.05, 3.63) is 77.4 Å². The Balaban J connectivity index is 0.00000182. The lowest BCUT2D eigenvalue weighted by Crippen LogP contribution is -2.08. The van der Waals surface area contributed by atoms with Crippen molar-refractivity contribution in [2.45, 2.75) is 12.8 Å². The Labute approximate surface area is 161 Å². The third-order valence-electron chi connectivity index (χ3n) is 3.86. The van der Waals surface area contributed by atoms with Gasteiger partial charge < -0.3 is 11.0 Å². The fraction of sp³-hybridized carbons (Fsp3) is 0.111. The molecule has 0 saturated carbocycles. The van der Waals surface area contributed by atoms with Gasteiger partial charge in [-0.1, -0.05) is 54.6 Å². The van der Waals surface area contributed by atoms with Crippen LogP contribution in [-0.2, 0) is 20.6 Å². The van der Waals surface area contributed by atoms with Gasteiger partial charge in [0.05, 0.1) is 9.73 Å². The van der Waals surface area contributed by atoms with Gasteiger partial charge in [-0.05, 0) is 36.0 Å². The summed E-state index contributed by atoms with van der Waals surface area (Å²) in [4.78, 5) is 0.745. The summed E-state index contributed by atoms with van der Waals surface area (Å²) in [7, 11) is -5.24. The Kier molecular flexibility index (Phi) is 8.75. The molecule has 3 rings (SSSR count). The van der Waals surface area contributed by atoms with Crippen LogP contribution in [0.5, 0.6) is 0 Å². The van der Waals surface area contributed by atoms with Crippen LogP contribution < -0.4 is 5.30 Å². The molecule has 9 heteroatoms. The smallest absolute Gasteiger partial charge is 0.217 e. The summed E-state index contributed by atoms with van der Waals surface area (Å²) in [6, 6.07) is 9.99. The molecule has 0 atom stereocenters. The predicted octanol–water partition coefficient (Wildman–Crippen LogP) is 0.935. The van der Waals surface area contributed by atoms with E-state index in [0.29, 0.717) is 22.6 Å². The summed E-state index contributed by atoms with van der Waals surface area (Å²) >= 11 is 0. The average Bonchev–Trinajstić information content (AvgIpc) is 2.64. The summed E-state index contributed by atoms with van der Waals surface area (Å²) in [5, 5.41) is 3.28. The fourth-order valence-electron chi connectivity index (χ4n) is 2.64. The number of hydrogen-bond acceptors (Lipinski definition) is 4. The van der Waals surface area contributed by atoms with Crippen LogP contribution >= 0.6 is 7.92 Å². The monoisotopic (exact) mass is 426 g/mol. The predicted molar refractivity (Wildman–Crippen MR) is 112 cm³/mol. The van der Waals surface area contributed by atoms with Crippen LogP contribution in [0.25, 0.3) is 0 Å². The fourth-order valence-corrected chi connectivity index (χ4v) is 5.80. The van der Waals surface area contributed by atoms with E-state index in [9.17, 15) is 16.8 Å². The zero-order valence-corrected chi connectivity index (χ0v) is 16.7.